The minimum Gasteiger partial charge on any atom is -0.449 e. The van der Waals surface area contributed by atoms with Crippen LogP contribution >= 0.6 is 11.6 Å². The van der Waals surface area contributed by atoms with Gasteiger partial charge in [0.2, 0.25) is 0 Å². The van der Waals surface area contributed by atoms with Crippen molar-refractivity contribution in [1.29, 1.82) is 0 Å². The monoisotopic (exact) mass is 420 g/mol. The van der Waals surface area contributed by atoms with Crippen molar-refractivity contribution >= 4 is 40.1 Å². The summed E-state index contributed by atoms with van der Waals surface area (Å²) in [6.45, 7) is 1.50. The van der Waals surface area contributed by atoms with Gasteiger partial charge < -0.3 is 14.6 Å². The molecule has 0 aliphatic carbocycles. The molecular formula is C23H17ClN2O4. The number of hydrogen-bond acceptors (Lipinski definition) is 5. The molecule has 1 N–H and O–H groups in total. The molecule has 4 aromatic rings. The predicted molar refractivity (Wildman–Crippen MR) is 114 cm³/mol. The second kappa shape index (κ2) is 8.39. The van der Waals surface area contributed by atoms with Gasteiger partial charge >= 0.3 is 5.97 Å². The van der Waals surface area contributed by atoms with Crippen molar-refractivity contribution in [3.05, 3.63) is 83.4 Å². The van der Waals surface area contributed by atoms with Gasteiger partial charge in [0.25, 0.3) is 5.91 Å². The van der Waals surface area contributed by atoms with Gasteiger partial charge in [-0.15, -0.1) is 0 Å². The number of rotatable bonds is 5. The van der Waals surface area contributed by atoms with Crippen LogP contribution in [0.2, 0.25) is 5.02 Å². The Labute approximate surface area is 177 Å². The third-order valence-corrected chi connectivity index (χ3v) is 4.86. The normalized spacial score (nSPS) is 11.8. The fraction of sp³-hybridized carbons (Fsp3) is 0.0870. The first-order valence-electron chi connectivity index (χ1n) is 9.24. The van der Waals surface area contributed by atoms with Crippen molar-refractivity contribution in [2.45, 2.75) is 13.0 Å². The van der Waals surface area contributed by atoms with E-state index in [0.29, 0.717) is 32.9 Å². The number of carbonyl (C=O) groups is 2. The van der Waals surface area contributed by atoms with Gasteiger partial charge in [-0.2, -0.15) is 0 Å². The number of nitrogens with one attached hydrogen (secondary N) is 1. The van der Waals surface area contributed by atoms with Crippen molar-refractivity contribution in [3.63, 3.8) is 0 Å². The maximum atomic E-state index is 12.6. The molecule has 7 heteroatoms. The summed E-state index contributed by atoms with van der Waals surface area (Å²) in [5.74, 6) is -0.545. The van der Waals surface area contributed by atoms with Crippen LogP contribution in [0.4, 0.5) is 5.69 Å². The van der Waals surface area contributed by atoms with Crippen LogP contribution in [0, 0.1) is 0 Å². The van der Waals surface area contributed by atoms with Crippen LogP contribution in [0.15, 0.2) is 77.3 Å². The number of ether oxygens (including phenoxy) is 1. The largest absolute Gasteiger partial charge is 0.449 e. The highest BCUT2D eigenvalue weighted by molar-refractivity contribution is 6.33. The van der Waals surface area contributed by atoms with Crippen molar-refractivity contribution < 1.29 is 18.8 Å². The Morgan fingerprint density at radius 1 is 1.03 bits per heavy atom. The standard InChI is InChI=1S/C23H17ClN2O4/c1-14(22(27)25-20-10-6-5-9-18(20)24)29-23(28)16-11-12-19-17(13-16)21(30-26-19)15-7-3-2-4-8-15/h2-14H,1H3,(H,25,27). The molecule has 0 bridgehead atoms. The molecule has 0 radical (unpaired) electrons. The van der Waals surface area contributed by atoms with Gasteiger partial charge in [0.15, 0.2) is 11.9 Å². The fourth-order valence-corrected chi connectivity index (χ4v) is 3.13. The number of fused-ring (bicyclic) bond motifs is 1. The van der Waals surface area contributed by atoms with E-state index in [0.717, 1.165) is 5.56 Å². The highest BCUT2D eigenvalue weighted by Gasteiger charge is 2.21. The minimum atomic E-state index is -1.01. The zero-order valence-corrected chi connectivity index (χ0v) is 16.7. The lowest BCUT2D eigenvalue weighted by Crippen LogP contribution is -2.30. The first-order valence-corrected chi connectivity index (χ1v) is 9.62. The van der Waals surface area contributed by atoms with Crippen molar-refractivity contribution in [3.8, 4) is 11.3 Å². The Hall–Kier alpha value is -3.64. The summed E-state index contributed by atoms with van der Waals surface area (Å²) in [5.41, 5.74) is 2.21. The number of esters is 1. The number of amides is 1. The number of halogens is 1. The van der Waals surface area contributed by atoms with Gasteiger partial charge in [0.1, 0.15) is 5.52 Å². The lowest BCUT2D eigenvalue weighted by Gasteiger charge is -2.14. The SMILES string of the molecule is CC(OC(=O)c1ccc2noc(-c3ccccc3)c2c1)C(=O)Nc1ccccc1Cl. The van der Waals surface area contributed by atoms with Gasteiger partial charge in [-0.3, -0.25) is 4.79 Å². The molecule has 0 saturated heterocycles. The summed E-state index contributed by atoms with van der Waals surface area (Å²) in [6, 6.07) is 21.2. The number of para-hydroxylation sites is 1. The maximum Gasteiger partial charge on any atom is 0.338 e. The maximum absolute atomic E-state index is 12.6. The van der Waals surface area contributed by atoms with Crippen molar-refractivity contribution in [2.75, 3.05) is 5.32 Å². The predicted octanol–water partition coefficient (Wildman–Crippen LogP) is 5.33. The average Bonchev–Trinajstić information content (AvgIpc) is 3.19. The molecule has 0 spiro atoms. The number of hydrogen-bond donors (Lipinski definition) is 1. The Morgan fingerprint density at radius 3 is 2.53 bits per heavy atom. The molecule has 0 saturated carbocycles. The molecular weight excluding hydrogens is 404 g/mol. The molecule has 1 atom stereocenters. The molecule has 0 aliphatic rings. The zero-order valence-electron chi connectivity index (χ0n) is 16.0. The molecule has 4 rings (SSSR count). The molecule has 30 heavy (non-hydrogen) atoms. The first kappa shape index (κ1) is 19.7. The highest BCUT2D eigenvalue weighted by atomic mass is 35.5. The summed E-state index contributed by atoms with van der Waals surface area (Å²) in [5, 5.41) is 7.77. The van der Waals surface area contributed by atoms with Crippen molar-refractivity contribution in [1.82, 2.24) is 5.16 Å². The number of aromatic nitrogens is 1. The van der Waals surface area contributed by atoms with E-state index >= 15 is 0 Å². The van der Waals surface area contributed by atoms with Crippen LogP contribution in [-0.2, 0) is 9.53 Å². The molecule has 1 aromatic heterocycles. The summed E-state index contributed by atoms with van der Waals surface area (Å²) < 4.78 is 10.8. The van der Waals surface area contributed by atoms with Crippen molar-refractivity contribution in [2.24, 2.45) is 0 Å². The van der Waals surface area contributed by atoms with Gasteiger partial charge in [-0.1, -0.05) is 59.2 Å². The highest BCUT2D eigenvalue weighted by Crippen LogP contribution is 2.29. The Morgan fingerprint density at radius 2 is 1.77 bits per heavy atom. The van der Waals surface area contributed by atoms with E-state index in [2.05, 4.69) is 10.5 Å². The number of carbonyl (C=O) groups excluding carboxylic acids is 2. The fourth-order valence-electron chi connectivity index (χ4n) is 2.95. The van der Waals surface area contributed by atoms with Crippen LogP contribution in [0.1, 0.15) is 17.3 Å². The molecule has 3 aromatic carbocycles. The summed E-state index contributed by atoms with van der Waals surface area (Å²) in [7, 11) is 0. The van der Waals surface area contributed by atoms with E-state index in [9.17, 15) is 9.59 Å². The Kier molecular flexibility index (Phi) is 5.50. The second-order valence-electron chi connectivity index (χ2n) is 6.63. The van der Waals surface area contributed by atoms with E-state index in [1.165, 1.54) is 6.92 Å². The van der Waals surface area contributed by atoms with Gasteiger partial charge in [-0.05, 0) is 37.3 Å². The summed E-state index contributed by atoms with van der Waals surface area (Å²) >= 11 is 6.05. The Balaban J connectivity index is 1.52. The van der Waals surface area contributed by atoms with Gasteiger partial charge in [0, 0.05) is 5.56 Å². The molecule has 1 amide bonds. The van der Waals surface area contributed by atoms with Crippen LogP contribution in [-0.4, -0.2) is 23.1 Å². The minimum absolute atomic E-state index is 0.292. The molecule has 0 fully saturated rings. The lowest BCUT2D eigenvalue weighted by atomic mass is 10.1. The van der Waals surface area contributed by atoms with E-state index in [1.54, 1.807) is 42.5 Å². The van der Waals surface area contributed by atoms with E-state index in [-0.39, 0.29) is 0 Å². The van der Waals surface area contributed by atoms with E-state index < -0.39 is 18.0 Å². The number of anilines is 1. The quantitative estimate of drug-likeness (QED) is 0.441. The first-order chi connectivity index (χ1) is 14.5. The Bertz CT molecular complexity index is 1220. The smallest absolute Gasteiger partial charge is 0.338 e. The number of nitrogens with zero attached hydrogens (tertiary/aromatic N) is 1. The third-order valence-electron chi connectivity index (χ3n) is 4.53. The molecule has 1 heterocycles. The van der Waals surface area contributed by atoms with Gasteiger partial charge in [-0.25, -0.2) is 4.79 Å². The second-order valence-corrected chi connectivity index (χ2v) is 7.03. The van der Waals surface area contributed by atoms with E-state index in [1.807, 2.05) is 30.3 Å². The van der Waals surface area contributed by atoms with E-state index in [4.69, 9.17) is 20.9 Å². The summed E-state index contributed by atoms with van der Waals surface area (Å²) in [6.07, 6.45) is -1.01. The summed E-state index contributed by atoms with van der Waals surface area (Å²) in [4.78, 5) is 25.0. The van der Waals surface area contributed by atoms with Gasteiger partial charge in [0.05, 0.1) is 21.7 Å². The van der Waals surface area contributed by atoms with Crippen LogP contribution < -0.4 is 5.32 Å². The average molecular weight is 421 g/mol. The van der Waals surface area contributed by atoms with Crippen LogP contribution in [0.25, 0.3) is 22.2 Å². The molecule has 0 aliphatic heterocycles. The lowest BCUT2D eigenvalue weighted by molar-refractivity contribution is -0.123. The third kappa shape index (κ3) is 4.04. The van der Waals surface area contributed by atoms with Crippen LogP contribution in [0.5, 0.6) is 0 Å². The zero-order chi connectivity index (χ0) is 21.1. The van der Waals surface area contributed by atoms with Crippen LogP contribution in [0.3, 0.4) is 0 Å². The molecule has 6 nitrogen and oxygen atoms in total. The molecule has 1 unspecified atom stereocenters. The molecule has 150 valence electrons. The number of benzene rings is 3. The topological polar surface area (TPSA) is 81.4 Å².